The van der Waals surface area contributed by atoms with Crippen LogP contribution in [0.5, 0.6) is 0 Å². The summed E-state index contributed by atoms with van der Waals surface area (Å²) in [6, 6.07) is -1.29. The zero-order valence-corrected chi connectivity index (χ0v) is 16.3. The van der Waals surface area contributed by atoms with Gasteiger partial charge < -0.3 is 25.4 Å². The average Bonchev–Trinajstić information content (AvgIpc) is 2.68. The molecule has 29 heavy (non-hydrogen) atoms. The van der Waals surface area contributed by atoms with Crippen LogP contribution >= 0.6 is 0 Å². The van der Waals surface area contributed by atoms with Gasteiger partial charge in [-0.25, -0.2) is 4.79 Å². The van der Waals surface area contributed by atoms with E-state index in [-0.39, 0.29) is 13.0 Å². The number of ether oxygens (including phenoxy) is 2. The van der Waals surface area contributed by atoms with Gasteiger partial charge in [0.2, 0.25) is 5.82 Å². The van der Waals surface area contributed by atoms with E-state index in [1.807, 2.05) is 0 Å². The summed E-state index contributed by atoms with van der Waals surface area (Å²) in [5.41, 5.74) is 3.60. The molecule has 1 fully saturated rings. The normalized spacial score (nSPS) is 27.0. The fourth-order valence-electron chi connectivity index (χ4n) is 3.13. The molecule has 0 aromatic carbocycles. The van der Waals surface area contributed by atoms with Gasteiger partial charge in [-0.3, -0.25) is 19.1 Å². The number of aliphatic hydroxyl groups excluding tert-OH is 2. The maximum atomic E-state index is 13.6. The highest BCUT2D eigenvalue weighted by molar-refractivity contribution is 5.69. The van der Waals surface area contributed by atoms with Crippen LogP contribution in [0.3, 0.4) is 0 Å². The van der Waals surface area contributed by atoms with E-state index in [0.717, 1.165) is 25.7 Å². The summed E-state index contributed by atoms with van der Waals surface area (Å²) in [4.78, 5) is 36.8. The lowest BCUT2D eigenvalue weighted by Gasteiger charge is -2.41. The van der Waals surface area contributed by atoms with E-state index in [0.29, 0.717) is 17.2 Å². The molecule has 1 aromatic rings. The van der Waals surface area contributed by atoms with E-state index in [4.69, 9.17) is 15.2 Å². The molecule has 0 amide bonds. The zero-order chi connectivity index (χ0) is 21.6. The Hall–Kier alpha value is -2.08. The fourth-order valence-corrected chi connectivity index (χ4v) is 3.13. The number of nitrogens with one attached hydrogen (secondary N) is 1. The van der Waals surface area contributed by atoms with Gasteiger partial charge in [0.25, 0.3) is 5.56 Å². The van der Waals surface area contributed by atoms with Crippen LogP contribution in [-0.2, 0) is 14.3 Å². The van der Waals surface area contributed by atoms with Crippen molar-refractivity contribution in [2.45, 2.75) is 76.0 Å². The van der Waals surface area contributed by atoms with Crippen molar-refractivity contribution in [3.63, 3.8) is 0 Å². The number of aromatic amines is 1. The molecule has 0 unspecified atom stereocenters. The van der Waals surface area contributed by atoms with Crippen molar-refractivity contribution in [2.24, 2.45) is 5.73 Å². The minimum atomic E-state index is -1.53. The van der Waals surface area contributed by atoms with Crippen LogP contribution in [0.15, 0.2) is 15.8 Å². The van der Waals surface area contributed by atoms with Crippen LogP contribution in [0.2, 0.25) is 0 Å². The molecule has 5 atom stereocenters. The molecule has 11 heteroatoms. The molecule has 1 aliphatic heterocycles. The molecule has 1 aliphatic rings. The molecule has 0 aliphatic carbocycles. The first-order chi connectivity index (χ1) is 13.8. The van der Waals surface area contributed by atoms with Gasteiger partial charge in [-0.1, -0.05) is 32.6 Å². The third kappa shape index (κ3) is 5.95. The van der Waals surface area contributed by atoms with Crippen molar-refractivity contribution >= 4 is 5.97 Å². The van der Waals surface area contributed by atoms with Crippen molar-refractivity contribution in [3.05, 3.63) is 32.9 Å². The monoisotopic (exact) mass is 417 g/mol. The second-order valence-electron chi connectivity index (χ2n) is 7.11. The molecular weight excluding hydrogens is 389 g/mol. The number of carbonyl (C=O) groups is 1. The van der Waals surface area contributed by atoms with Crippen molar-refractivity contribution < 1.29 is 28.9 Å². The predicted octanol–water partition coefficient (Wildman–Crippen LogP) is -0.474. The van der Waals surface area contributed by atoms with E-state index in [2.05, 4.69) is 6.92 Å². The molecule has 1 aromatic heterocycles. The zero-order valence-electron chi connectivity index (χ0n) is 16.3. The molecule has 10 nitrogen and oxygen atoms in total. The number of aliphatic hydroxyl groups is 2. The van der Waals surface area contributed by atoms with Crippen LogP contribution in [0.4, 0.5) is 4.39 Å². The molecular formula is C18H28FN3O7. The van der Waals surface area contributed by atoms with Gasteiger partial charge in [0.15, 0.2) is 6.23 Å². The fraction of sp³-hybridized carbons (Fsp3) is 0.722. The Bertz CT molecular complexity index is 796. The Labute approximate surface area is 166 Å². The predicted molar refractivity (Wildman–Crippen MR) is 99.5 cm³/mol. The first kappa shape index (κ1) is 23.2. The molecule has 164 valence electrons. The number of hydrogen-bond donors (Lipinski definition) is 4. The Morgan fingerprint density at radius 3 is 2.66 bits per heavy atom. The number of esters is 1. The van der Waals surface area contributed by atoms with E-state index < -0.39 is 53.6 Å². The standard InChI is InChI=1S/C18H28FN3O7/c1-2-3-4-5-6-7-12(23)28-9-11-14(24)15(25)13(20)17(29-11)22-8-10(19)16(26)21-18(22)27/h8,11,13-15,17,24-25H,2-7,9,20H2,1H3,(H,21,26,27)/t11-,13-,14-,15+,17-/m1/s1. The van der Waals surface area contributed by atoms with Gasteiger partial charge in [0, 0.05) is 6.42 Å². The highest BCUT2D eigenvalue weighted by Crippen LogP contribution is 2.26. The quantitative estimate of drug-likeness (QED) is 0.310. The molecule has 0 spiro atoms. The van der Waals surface area contributed by atoms with Gasteiger partial charge in [0.1, 0.15) is 24.9 Å². The first-order valence-corrected chi connectivity index (χ1v) is 9.70. The van der Waals surface area contributed by atoms with Crippen LogP contribution in [0.25, 0.3) is 0 Å². The third-order valence-corrected chi connectivity index (χ3v) is 4.86. The third-order valence-electron chi connectivity index (χ3n) is 4.86. The van der Waals surface area contributed by atoms with E-state index >= 15 is 0 Å². The minimum absolute atomic E-state index is 0.211. The molecule has 0 saturated carbocycles. The van der Waals surface area contributed by atoms with Gasteiger partial charge in [-0.05, 0) is 6.42 Å². The summed E-state index contributed by atoms with van der Waals surface area (Å²) in [6.07, 6.45) is 0.0249. The minimum Gasteiger partial charge on any atom is -0.463 e. The number of carbonyl (C=O) groups excluding carboxylic acids is 1. The molecule has 5 N–H and O–H groups in total. The highest BCUT2D eigenvalue weighted by Gasteiger charge is 2.44. The Kier molecular flexibility index (Phi) is 8.50. The van der Waals surface area contributed by atoms with Gasteiger partial charge >= 0.3 is 11.7 Å². The Balaban J connectivity index is 2.00. The number of hydrogen-bond acceptors (Lipinski definition) is 8. The molecule has 2 heterocycles. The number of aromatic nitrogens is 2. The van der Waals surface area contributed by atoms with E-state index in [1.54, 1.807) is 4.98 Å². The summed E-state index contributed by atoms with van der Waals surface area (Å²) >= 11 is 0. The van der Waals surface area contributed by atoms with Crippen LogP contribution < -0.4 is 17.0 Å². The summed E-state index contributed by atoms with van der Waals surface area (Å²) < 4.78 is 24.9. The van der Waals surface area contributed by atoms with Crippen molar-refractivity contribution in [2.75, 3.05) is 6.61 Å². The number of nitrogens with zero attached hydrogens (tertiary/aromatic N) is 1. The summed E-state index contributed by atoms with van der Waals surface area (Å²) in [6.45, 7) is 1.71. The topological polar surface area (TPSA) is 157 Å². The maximum absolute atomic E-state index is 13.6. The summed E-state index contributed by atoms with van der Waals surface area (Å²) in [5, 5.41) is 20.3. The maximum Gasteiger partial charge on any atom is 0.330 e. The summed E-state index contributed by atoms with van der Waals surface area (Å²) in [7, 11) is 0. The largest absolute Gasteiger partial charge is 0.463 e. The van der Waals surface area contributed by atoms with Gasteiger partial charge in [-0.2, -0.15) is 4.39 Å². The van der Waals surface area contributed by atoms with Gasteiger partial charge in [-0.15, -0.1) is 0 Å². The highest BCUT2D eigenvalue weighted by atomic mass is 19.1. The average molecular weight is 417 g/mol. The van der Waals surface area contributed by atoms with E-state index in [1.165, 1.54) is 0 Å². The van der Waals surface area contributed by atoms with E-state index in [9.17, 15) is 29.0 Å². The second-order valence-corrected chi connectivity index (χ2v) is 7.11. The molecule has 1 saturated heterocycles. The van der Waals surface area contributed by atoms with Crippen LogP contribution in [-0.4, -0.2) is 56.7 Å². The smallest absolute Gasteiger partial charge is 0.330 e. The first-order valence-electron chi connectivity index (χ1n) is 9.70. The van der Waals surface area contributed by atoms with Crippen molar-refractivity contribution in [1.82, 2.24) is 9.55 Å². The lowest BCUT2D eigenvalue weighted by Crippen LogP contribution is -2.61. The second kappa shape index (κ2) is 10.6. The number of halogens is 1. The SMILES string of the molecule is CCCCCCCC(=O)OC[C@H]1O[C@@H](n2cc(F)c(=O)[nH]c2=O)[C@H](N)[C@H](O)[C@@H]1O. The number of nitrogens with two attached hydrogens (primary N) is 1. The van der Waals surface area contributed by atoms with Crippen LogP contribution in [0.1, 0.15) is 51.7 Å². The van der Waals surface area contributed by atoms with Gasteiger partial charge in [0.05, 0.1) is 12.2 Å². The number of unbranched alkanes of at least 4 members (excludes halogenated alkanes) is 4. The number of rotatable bonds is 9. The molecule has 0 bridgehead atoms. The Morgan fingerprint density at radius 1 is 1.28 bits per heavy atom. The summed E-state index contributed by atoms with van der Waals surface area (Å²) in [5.74, 6) is -1.72. The molecule has 2 rings (SSSR count). The molecule has 0 radical (unpaired) electrons. The number of H-pyrrole nitrogens is 1. The Morgan fingerprint density at radius 2 is 1.97 bits per heavy atom. The lowest BCUT2D eigenvalue weighted by molar-refractivity contribution is -0.216. The lowest BCUT2D eigenvalue weighted by atomic mass is 9.96. The van der Waals surface area contributed by atoms with Crippen molar-refractivity contribution in [1.29, 1.82) is 0 Å². The van der Waals surface area contributed by atoms with Crippen molar-refractivity contribution in [3.8, 4) is 0 Å². The van der Waals surface area contributed by atoms with Crippen LogP contribution in [0, 0.1) is 5.82 Å².